The average molecular weight is 359 g/mol. The minimum absolute atomic E-state index is 0.152. The molecule has 0 amide bonds. The van der Waals surface area contributed by atoms with E-state index in [9.17, 15) is 22.9 Å². The zero-order valence-electron chi connectivity index (χ0n) is 11.9. The molecule has 9 heteroatoms. The number of rotatable bonds is 5. The number of hydrogen-bond donors (Lipinski definition) is 1. The normalized spacial score (nSPS) is 12.8. The lowest BCUT2D eigenvalue weighted by Crippen LogP contribution is -2.27. The standard InChI is InChI=1S/C14H12ClFN2O4S/c1-9(10-2-4-11(16)5-3-10)17-23(21,22)12-6-7-13(15)14(8-12)18(19)20/h2-9,17H,1H3/t9-/m0/s1. The monoisotopic (exact) mass is 358 g/mol. The van der Waals surface area contributed by atoms with Gasteiger partial charge in [-0.2, -0.15) is 0 Å². The van der Waals surface area contributed by atoms with Crippen molar-refractivity contribution in [2.75, 3.05) is 0 Å². The molecule has 0 aromatic heterocycles. The molecule has 0 aliphatic rings. The summed E-state index contributed by atoms with van der Waals surface area (Å²) < 4.78 is 39.9. The Morgan fingerprint density at radius 1 is 1.22 bits per heavy atom. The zero-order chi connectivity index (χ0) is 17.2. The van der Waals surface area contributed by atoms with Crippen LogP contribution in [0.2, 0.25) is 5.02 Å². The van der Waals surface area contributed by atoms with Gasteiger partial charge in [0, 0.05) is 12.1 Å². The van der Waals surface area contributed by atoms with Crippen LogP contribution in [0.3, 0.4) is 0 Å². The largest absolute Gasteiger partial charge is 0.289 e. The maximum atomic E-state index is 12.9. The Kier molecular flexibility index (Phi) is 4.98. The van der Waals surface area contributed by atoms with Crippen LogP contribution in [0.5, 0.6) is 0 Å². The third-order valence-corrected chi connectivity index (χ3v) is 4.98. The summed E-state index contributed by atoms with van der Waals surface area (Å²) in [6.45, 7) is 1.58. The lowest BCUT2D eigenvalue weighted by Gasteiger charge is -2.14. The summed E-state index contributed by atoms with van der Waals surface area (Å²) >= 11 is 5.67. The van der Waals surface area contributed by atoms with Gasteiger partial charge >= 0.3 is 0 Å². The minimum Gasteiger partial charge on any atom is -0.258 e. The van der Waals surface area contributed by atoms with Gasteiger partial charge in [0.15, 0.2) is 0 Å². The molecule has 1 N–H and O–H groups in total. The number of benzene rings is 2. The third-order valence-electron chi connectivity index (χ3n) is 3.13. The Bertz CT molecular complexity index is 840. The van der Waals surface area contributed by atoms with Gasteiger partial charge in [0.25, 0.3) is 5.69 Å². The van der Waals surface area contributed by atoms with Crippen molar-refractivity contribution in [3.63, 3.8) is 0 Å². The van der Waals surface area contributed by atoms with Gasteiger partial charge in [-0.15, -0.1) is 0 Å². The molecule has 0 aliphatic heterocycles. The molecule has 0 unspecified atom stereocenters. The molecule has 122 valence electrons. The highest BCUT2D eigenvalue weighted by Gasteiger charge is 2.22. The van der Waals surface area contributed by atoms with E-state index in [4.69, 9.17) is 11.6 Å². The molecule has 0 saturated carbocycles. The maximum absolute atomic E-state index is 12.9. The molecule has 0 radical (unpaired) electrons. The highest BCUT2D eigenvalue weighted by Crippen LogP contribution is 2.27. The molecule has 2 rings (SSSR count). The average Bonchev–Trinajstić information content (AvgIpc) is 2.47. The molecule has 1 atom stereocenters. The SMILES string of the molecule is C[C@H](NS(=O)(=O)c1ccc(Cl)c([N+](=O)[O-])c1)c1ccc(F)cc1. The second-order valence-electron chi connectivity index (χ2n) is 4.76. The van der Waals surface area contributed by atoms with E-state index in [1.807, 2.05) is 0 Å². The molecule has 2 aromatic carbocycles. The Morgan fingerprint density at radius 3 is 2.39 bits per heavy atom. The van der Waals surface area contributed by atoms with Crippen molar-refractivity contribution in [2.45, 2.75) is 17.9 Å². The van der Waals surface area contributed by atoms with Crippen LogP contribution in [0.1, 0.15) is 18.5 Å². The van der Waals surface area contributed by atoms with Gasteiger partial charge in [-0.1, -0.05) is 23.7 Å². The van der Waals surface area contributed by atoms with E-state index < -0.39 is 32.5 Å². The summed E-state index contributed by atoms with van der Waals surface area (Å²) in [4.78, 5) is 9.81. The molecule has 6 nitrogen and oxygen atoms in total. The van der Waals surface area contributed by atoms with Crippen molar-refractivity contribution >= 4 is 27.3 Å². The number of halogens is 2. The zero-order valence-corrected chi connectivity index (χ0v) is 13.4. The van der Waals surface area contributed by atoms with Crippen LogP contribution in [0.4, 0.5) is 10.1 Å². The van der Waals surface area contributed by atoms with Gasteiger partial charge < -0.3 is 0 Å². The molecule has 2 aromatic rings. The molecular formula is C14H12ClFN2O4S. The molecule has 0 fully saturated rings. The predicted molar refractivity (Wildman–Crippen MR) is 83.2 cm³/mol. The van der Waals surface area contributed by atoms with Crippen LogP contribution in [-0.2, 0) is 10.0 Å². The van der Waals surface area contributed by atoms with Gasteiger partial charge in [0.05, 0.1) is 9.82 Å². The number of hydrogen-bond acceptors (Lipinski definition) is 4. The van der Waals surface area contributed by atoms with Gasteiger partial charge in [0.2, 0.25) is 10.0 Å². The van der Waals surface area contributed by atoms with E-state index >= 15 is 0 Å². The van der Waals surface area contributed by atoms with E-state index in [0.29, 0.717) is 5.56 Å². The minimum atomic E-state index is -4.00. The van der Waals surface area contributed by atoms with Gasteiger partial charge in [0.1, 0.15) is 10.8 Å². The Hall–Kier alpha value is -2.03. The van der Waals surface area contributed by atoms with E-state index in [2.05, 4.69) is 4.72 Å². The van der Waals surface area contributed by atoms with Crippen molar-refractivity contribution in [1.29, 1.82) is 0 Å². The Morgan fingerprint density at radius 2 is 1.83 bits per heavy atom. The summed E-state index contributed by atoms with van der Waals surface area (Å²) in [6, 6.07) is 7.91. The van der Waals surface area contributed by atoms with Crippen LogP contribution in [0.25, 0.3) is 0 Å². The van der Waals surface area contributed by atoms with E-state index in [1.54, 1.807) is 6.92 Å². The first kappa shape index (κ1) is 17.3. The van der Waals surface area contributed by atoms with Gasteiger partial charge in [-0.3, -0.25) is 10.1 Å². The number of nitro groups is 1. The fourth-order valence-electron chi connectivity index (χ4n) is 1.92. The van der Waals surface area contributed by atoms with Gasteiger partial charge in [-0.25, -0.2) is 17.5 Å². The van der Waals surface area contributed by atoms with Crippen LogP contribution in [0.15, 0.2) is 47.4 Å². The Balaban J connectivity index is 2.30. The molecule has 0 aliphatic carbocycles. The molecule has 0 spiro atoms. The summed E-state index contributed by atoms with van der Waals surface area (Å²) in [5.74, 6) is -0.433. The molecule has 0 heterocycles. The molecule has 23 heavy (non-hydrogen) atoms. The lowest BCUT2D eigenvalue weighted by atomic mass is 10.1. The van der Waals surface area contributed by atoms with Crippen LogP contribution < -0.4 is 4.72 Å². The first-order valence-corrected chi connectivity index (χ1v) is 8.28. The third kappa shape index (κ3) is 4.04. The van der Waals surface area contributed by atoms with Crippen LogP contribution in [-0.4, -0.2) is 13.3 Å². The maximum Gasteiger partial charge on any atom is 0.289 e. The van der Waals surface area contributed by atoms with Crippen molar-refractivity contribution < 1.29 is 17.7 Å². The van der Waals surface area contributed by atoms with E-state index in [-0.39, 0.29) is 9.92 Å². The topological polar surface area (TPSA) is 89.3 Å². The van der Waals surface area contributed by atoms with Crippen LogP contribution in [0, 0.1) is 15.9 Å². The second-order valence-corrected chi connectivity index (χ2v) is 6.89. The fourth-order valence-corrected chi connectivity index (χ4v) is 3.36. The van der Waals surface area contributed by atoms with E-state index in [0.717, 1.165) is 12.1 Å². The molecule has 0 bridgehead atoms. The first-order chi connectivity index (χ1) is 10.7. The first-order valence-electron chi connectivity index (χ1n) is 6.42. The van der Waals surface area contributed by atoms with Crippen molar-refractivity contribution in [3.05, 3.63) is 69.0 Å². The Labute approximate surface area is 137 Å². The van der Waals surface area contributed by atoms with Crippen molar-refractivity contribution in [2.24, 2.45) is 0 Å². The highest BCUT2D eigenvalue weighted by atomic mass is 35.5. The lowest BCUT2D eigenvalue weighted by molar-refractivity contribution is -0.384. The quantitative estimate of drug-likeness (QED) is 0.655. The predicted octanol–water partition coefficient (Wildman–Crippen LogP) is 3.43. The van der Waals surface area contributed by atoms with Crippen molar-refractivity contribution in [3.8, 4) is 0 Å². The molecule has 0 saturated heterocycles. The number of sulfonamides is 1. The second kappa shape index (κ2) is 6.61. The summed E-state index contributed by atoms with van der Waals surface area (Å²) in [5, 5.41) is 10.7. The number of nitrogens with one attached hydrogen (secondary N) is 1. The van der Waals surface area contributed by atoms with Gasteiger partial charge in [-0.05, 0) is 36.8 Å². The summed E-state index contributed by atoms with van der Waals surface area (Å²) in [6.07, 6.45) is 0. The van der Waals surface area contributed by atoms with E-state index in [1.165, 1.54) is 30.3 Å². The van der Waals surface area contributed by atoms with Crippen molar-refractivity contribution in [1.82, 2.24) is 4.72 Å². The smallest absolute Gasteiger partial charge is 0.258 e. The highest BCUT2D eigenvalue weighted by molar-refractivity contribution is 7.89. The summed E-state index contributed by atoms with van der Waals surface area (Å²) in [7, 11) is -4.00. The van der Waals surface area contributed by atoms with Crippen LogP contribution >= 0.6 is 11.6 Å². The fraction of sp³-hybridized carbons (Fsp3) is 0.143. The number of nitro benzene ring substituents is 1. The molecular weight excluding hydrogens is 347 g/mol. The summed E-state index contributed by atoms with van der Waals surface area (Å²) in [5.41, 5.74) is 0.0578. The number of nitrogens with zero attached hydrogens (tertiary/aromatic N) is 1.